The Morgan fingerprint density at radius 1 is 0.963 bits per heavy atom. The van der Waals surface area contributed by atoms with Crippen LogP contribution < -0.4 is 14.8 Å². The monoisotopic (exact) mass is 360 g/mol. The first-order chi connectivity index (χ1) is 13.2. The first-order valence-electron chi connectivity index (χ1n) is 8.77. The highest BCUT2D eigenvalue weighted by molar-refractivity contribution is 6.07. The molecule has 1 aromatic heterocycles. The van der Waals surface area contributed by atoms with Crippen LogP contribution >= 0.6 is 0 Å². The van der Waals surface area contributed by atoms with E-state index >= 15 is 0 Å². The number of ether oxygens (including phenoxy) is 2. The van der Waals surface area contributed by atoms with Gasteiger partial charge in [0.15, 0.2) is 6.10 Å². The average molecular weight is 360 g/mol. The van der Waals surface area contributed by atoms with Gasteiger partial charge in [-0.3, -0.25) is 4.79 Å². The standard InChI is InChI=1S/C22H20N2O3/c1-14(22(25)24-19-9-5-6-10-21(19)26-2)27-15-11-12-17-16-7-3-4-8-18(16)23-20(17)13-15/h3-14,23H,1-2H3,(H,24,25)/t14-/m1/s1. The molecule has 0 spiro atoms. The summed E-state index contributed by atoms with van der Waals surface area (Å²) in [5.41, 5.74) is 2.67. The van der Waals surface area contributed by atoms with E-state index < -0.39 is 6.10 Å². The Morgan fingerprint density at radius 2 is 1.70 bits per heavy atom. The zero-order valence-electron chi connectivity index (χ0n) is 15.2. The van der Waals surface area contributed by atoms with Gasteiger partial charge in [-0.1, -0.05) is 30.3 Å². The highest BCUT2D eigenvalue weighted by atomic mass is 16.5. The van der Waals surface area contributed by atoms with Crippen LogP contribution in [-0.4, -0.2) is 24.1 Å². The van der Waals surface area contributed by atoms with Gasteiger partial charge < -0.3 is 19.8 Å². The van der Waals surface area contributed by atoms with Crippen LogP contribution in [0.2, 0.25) is 0 Å². The summed E-state index contributed by atoms with van der Waals surface area (Å²) in [7, 11) is 1.57. The van der Waals surface area contributed by atoms with E-state index in [9.17, 15) is 4.79 Å². The molecule has 0 aliphatic heterocycles. The van der Waals surface area contributed by atoms with Gasteiger partial charge in [-0.25, -0.2) is 0 Å². The number of para-hydroxylation sites is 3. The zero-order chi connectivity index (χ0) is 18.8. The first-order valence-corrected chi connectivity index (χ1v) is 8.77. The van der Waals surface area contributed by atoms with Crippen LogP contribution in [0.25, 0.3) is 21.8 Å². The molecule has 136 valence electrons. The van der Waals surface area contributed by atoms with Crippen LogP contribution in [0, 0.1) is 0 Å². The quantitative estimate of drug-likeness (QED) is 0.540. The molecule has 2 N–H and O–H groups in total. The molecular formula is C22H20N2O3. The summed E-state index contributed by atoms with van der Waals surface area (Å²) in [6, 6.07) is 21.2. The second kappa shape index (κ2) is 7.03. The van der Waals surface area contributed by atoms with E-state index in [1.807, 2.05) is 48.5 Å². The summed E-state index contributed by atoms with van der Waals surface area (Å²) in [6.07, 6.45) is -0.656. The Kier molecular flexibility index (Phi) is 4.42. The molecule has 0 saturated heterocycles. The summed E-state index contributed by atoms with van der Waals surface area (Å²) >= 11 is 0. The second-order valence-corrected chi connectivity index (χ2v) is 6.33. The predicted octanol–water partition coefficient (Wildman–Crippen LogP) is 4.74. The van der Waals surface area contributed by atoms with Gasteiger partial charge >= 0.3 is 0 Å². The largest absolute Gasteiger partial charge is 0.495 e. The minimum Gasteiger partial charge on any atom is -0.495 e. The molecular weight excluding hydrogens is 340 g/mol. The SMILES string of the molecule is COc1ccccc1NC(=O)[C@@H](C)Oc1ccc2c(c1)[nH]c1ccccc12. The van der Waals surface area contributed by atoms with Gasteiger partial charge in [0, 0.05) is 22.4 Å². The maximum atomic E-state index is 12.5. The molecule has 0 saturated carbocycles. The van der Waals surface area contributed by atoms with Crippen molar-refractivity contribution in [2.75, 3.05) is 12.4 Å². The van der Waals surface area contributed by atoms with Crippen molar-refractivity contribution in [3.63, 3.8) is 0 Å². The molecule has 4 rings (SSSR count). The van der Waals surface area contributed by atoms with Gasteiger partial charge in [0.1, 0.15) is 11.5 Å². The van der Waals surface area contributed by atoms with E-state index in [-0.39, 0.29) is 5.91 Å². The third kappa shape index (κ3) is 3.31. The Hall–Kier alpha value is -3.47. The number of carbonyl (C=O) groups is 1. The summed E-state index contributed by atoms with van der Waals surface area (Å²) in [6.45, 7) is 1.72. The number of nitrogens with one attached hydrogen (secondary N) is 2. The van der Waals surface area contributed by atoms with Crippen LogP contribution in [0.5, 0.6) is 11.5 Å². The molecule has 5 nitrogen and oxygen atoms in total. The van der Waals surface area contributed by atoms with Crippen LogP contribution in [0.1, 0.15) is 6.92 Å². The van der Waals surface area contributed by atoms with E-state index in [4.69, 9.17) is 9.47 Å². The van der Waals surface area contributed by atoms with E-state index in [2.05, 4.69) is 16.4 Å². The molecule has 0 radical (unpaired) electrons. The molecule has 1 amide bonds. The Bertz CT molecular complexity index is 1120. The zero-order valence-corrected chi connectivity index (χ0v) is 15.2. The maximum Gasteiger partial charge on any atom is 0.265 e. The molecule has 27 heavy (non-hydrogen) atoms. The topological polar surface area (TPSA) is 63.4 Å². The number of benzene rings is 3. The van der Waals surface area contributed by atoms with E-state index in [0.717, 1.165) is 16.4 Å². The van der Waals surface area contributed by atoms with Gasteiger partial charge in [0.2, 0.25) is 0 Å². The molecule has 0 aliphatic carbocycles. The molecule has 4 aromatic rings. The molecule has 0 unspecified atom stereocenters. The van der Waals surface area contributed by atoms with Gasteiger partial charge in [0.25, 0.3) is 5.91 Å². The molecule has 0 bridgehead atoms. The summed E-state index contributed by atoms with van der Waals surface area (Å²) in [5, 5.41) is 5.14. The Morgan fingerprint density at radius 3 is 2.56 bits per heavy atom. The molecule has 1 atom stereocenters. The minimum absolute atomic E-state index is 0.240. The van der Waals surface area contributed by atoms with Crippen molar-refractivity contribution in [3.8, 4) is 11.5 Å². The van der Waals surface area contributed by atoms with Crippen molar-refractivity contribution in [2.45, 2.75) is 13.0 Å². The lowest BCUT2D eigenvalue weighted by molar-refractivity contribution is -0.122. The molecule has 3 aromatic carbocycles. The fourth-order valence-corrected chi connectivity index (χ4v) is 3.15. The number of amides is 1. The molecule has 1 heterocycles. The number of H-pyrrole nitrogens is 1. The van der Waals surface area contributed by atoms with Crippen LogP contribution in [-0.2, 0) is 4.79 Å². The number of anilines is 1. The number of hydrogen-bond donors (Lipinski definition) is 2. The third-order valence-corrected chi connectivity index (χ3v) is 4.52. The smallest absolute Gasteiger partial charge is 0.265 e. The third-order valence-electron chi connectivity index (χ3n) is 4.52. The van der Waals surface area contributed by atoms with E-state index in [0.29, 0.717) is 17.2 Å². The lowest BCUT2D eigenvalue weighted by Gasteiger charge is -2.16. The summed E-state index contributed by atoms with van der Waals surface area (Å²) in [5.74, 6) is 1.01. The van der Waals surface area contributed by atoms with E-state index in [1.165, 1.54) is 5.39 Å². The number of aromatic amines is 1. The summed E-state index contributed by atoms with van der Waals surface area (Å²) < 4.78 is 11.1. The average Bonchev–Trinajstić information content (AvgIpc) is 3.06. The van der Waals surface area contributed by atoms with Crippen molar-refractivity contribution < 1.29 is 14.3 Å². The van der Waals surface area contributed by atoms with Gasteiger partial charge in [-0.15, -0.1) is 0 Å². The van der Waals surface area contributed by atoms with Gasteiger partial charge in [0.05, 0.1) is 18.3 Å². The normalized spacial score (nSPS) is 12.1. The number of carbonyl (C=O) groups excluding carboxylic acids is 1. The second-order valence-electron chi connectivity index (χ2n) is 6.33. The van der Waals surface area contributed by atoms with Gasteiger partial charge in [-0.2, -0.15) is 0 Å². The lowest BCUT2D eigenvalue weighted by atomic mass is 10.1. The minimum atomic E-state index is -0.656. The summed E-state index contributed by atoms with van der Waals surface area (Å²) in [4.78, 5) is 15.9. The first kappa shape index (κ1) is 17.0. The number of aromatic nitrogens is 1. The molecule has 0 fully saturated rings. The van der Waals surface area contributed by atoms with Gasteiger partial charge in [-0.05, 0) is 37.3 Å². The number of fused-ring (bicyclic) bond motifs is 3. The highest BCUT2D eigenvalue weighted by Gasteiger charge is 2.17. The number of hydrogen-bond acceptors (Lipinski definition) is 3. The lowest BCUT2D eigenvalue weighted by Crippen LogP contribution is -2.30. The van der Waals surface area contributed by atoms with E-state index in [1.54, 1.807) is 26.2 Å². The molecule has 5 heteroatoms. The Labute approximate surface area is 156 Å². The van der Waals surface area contributed by atoms with Crippen LogP contribution in [0.3, 0.4) is 0 Å². The fourth-order valence-electron chi connectivity index (χ4n) is 3.15. The van der Waals surface area contributed by atoms with Crippen molar-refractivity contribution >= 4 is 33.4 Å². The van der Waals surface area contributed by atoms with Crippen molar-refractivity contribution in [1.82, 2.24) is 4.98 Å². The fraction of sp³-hybridized carbons (Fsp3) is 0.136. The number of rotatable bonds is 5. The highest BCUT2D eigenvalue weighted by Crippen LogP contribution is 2.29. The van der Waals surface area contributed by atoms with Crippen molar-refractivity contribution in [1.29, 1.82) is 0 Å². The van der Waals surface area contributed by atoms with Crippen molar-refractivity contribution in [3.05, 3.63) is 66.7 Å². The van der Waals surface area contributed by atoms with Crippen molar-refractivity contribution in [2.24, 2.45) is 0 Å². The van der Waals surface area contributed by atoms with Crippen LogP contribution in [0.4, 0.5) is 5.69 Å². The Balaban J connectivity index is 1.52. The number of methoxy groups -OCH3 is 1. The predicted molar refractivity (Wildman–Crippen MR) is 108 cm³/mol. The maximum absolute atomic E-state index is 12.5. The molecule has 0 aliphatic rings. The van der Waals surface area contributed by atoms with Crippen LogP contribution in [0.15, 0.2) is 66.7 Å².